The average molecular weight is 446 g/mol. The first-order chi connectivity index (χ1) is 16.2. The van der Waals surface area contributed by atoms with Crippen molar-refractivity contribution in [3.8, 4) is 22.4 Å². The predicted molar refractivity (Wildman–Crippen MR) is 140 cm³/mol. The smallest absolute Gasteiger partial charge is 0.216 e. The van der Waals surface area contributed by atoms with Gasteiger partial charge in [-0.1, -0.05) is 120 Å². The molecule has 33 heavy (non-hydrogen) atoms. The fourth-order valence-corrected chi connectivity index (χ4v) is 4.36. The Morgan fingerprint density at radius 2 is 1.06 bits per heavy atom. The summed E-state index contributed by atoms with van der Waals surface area (Å²) in [7, 11) is 0. The minimum atomic E-state index is -0.329. The van der Waals surface area contributed by atoms with Crippen molar-refractivity contribution in [1.29, 1.82) is 0 Å². The highest BCUT2D eigenvalue weighted by molar-refractivity contribution is 5.69. The van der Waals surface area contributed by atoms with Crippen molar-refractivity contribution in [1.82, 2.24) is 4.98 Å². The Morgan fingerprint density at radius 3 is 1.70 bits per heavy atom. The number of nitrogens with zero attached hydrogens (tertiary/aromatic N) is 1. The van der Waals surface area contributed by atoms with E-state index in [9.17, 15) is 4.39 Å². The molecule has 1 nitrogen and oxygen atoms in total. The summed E-state index contributed by atoms with van der Waals surface area (Å²) < 4.78 is 14.4. The molecule has 0 atom stereocenters. The standard InChI is InChI=1S/C31H40FN/c1-3-5-7-8-9-10-12-13-25-15-17-26(18-16-25)27-19-21-28(22-20-27)30-24-23-29(31(32)33-30)14-11-6-4-2/h15-24H,3-14H2,1-2H3. The van der Waals surface area contributed by atoms with Crippen LogP contribution >= 0.6 is 0 Å². The lowest BCUT2D eigenvalue weighted by molar-refractivity contribution is 0.560. The fraction of sp³-hybridized carbons (Fsp3) is 0.452. The zero-order valence-electron chi connectivity index (χ0n) is 20.6. The lowest BCUT2D eigenvalue weighted by Crippen LogP contribution is -1.96. The molecule has 0 aliphatic carbocycles. The molecule has 0 bridgehead atoms. The van der Waals surface area contributed by atoms with E-state index >= 15 is 0 Å². The first-order valence-corrected chi connectivity index (χ1v) is 13.1. The Kier molecular flexibility index (Phi) is 10.6. The molecule has 1 heterocycles. The number of aromatic nitrogens is 1. The molecule has 3 rings (SSSR count). The van der Waals surface area contributed by atoms with Gasteiger partial charge in [-0.3, -0.25) is 0 Å². The quantitative estimate of drug-likeness (QED) is 0.178. The van der Waals surface area contributed by atoms with E-state index < -0.39 is 0 Å². The van der Waals surface area contributed by atoms with Crippen LogP contribution in [0.25, 0.3) is 22.4 Å². The average Bonchev–Trinajstić information content (AvgIpc) is 2.85. The number of unbranched alkanes of at least 4 members (excludes halogenated alkanes) is 8. The Labute approximate surface area is 200 Å². The van der Waals surface area contributed by atoms with Gasteiger partial charge < -0.3 is 0 Å². The van der Waals surface area contributed by atoms with Crippen LogP contribution in [0.4, 0.5) is 4.39 Å². The summed E-state index contributed by atoms with van der Waals surface area (Å²) in [4.78, 5) is 4.23. The fourth-order valence-electron chi connectivity index (χ4n) is 4.36. The van der Waals surface area contributed by atoms with Gasteiger partial charge in [-0.05, 0) is 48.4 Å². The Balaban J connectivity index is 1.53. The molecule has 0 saturated carbocycles. The summed E-state index contributed by atoms with van der Waals surface area (Å²) in [5.41, 5.74) is 6.19. The number of rotatable bonds is 14. The maximum Gasteiger partial charge on any atom is 0.216 e. The molecule has 0 saturated heterocycles. The summed E-state index contributed by atoms with van der Waals surface area (Å²) >= 11 is 0. The summed E-state index contributed by atoms with van der Waals surface area (Å²) in [5.74, 6) is -0.329. The van der Waals surface area contributed by atoms with Gasteiger partial charge in [0.15, 0.2) is 0 Å². The molecular weight excluding hydrogens is 405 g/mol. The van der Waals surface area contributed by atoms with Gasteiger partial charge >= 0.3 is 0 Å². The molecule has 1 aromatic heterocycles. The Hall–Kier alpha value is -2.48. The van der Waals surface area contributed by atoms with Crippen LogP contribution < -0.4 is 0 Å². The highest BCUT2D eigenvalue weighted by atomic mass is 19.1. The van der Waals surface area contributed by atoms with E-state index in [1.807, 2.05) is 24.3 Å². The van der Waals surface area contributed by atoms with E-state index in [1.165, 1.54) is 68.1 Å². The van der Waals surface area contributed by atoms with Crippen molar-refractivity contribution in [2.75, 3.05) is 0 Å². The van der Waals surface area contributed by atoms with E-state index in [1.54, 1.807) is 0 Å². The van der Waals surface area contributed by atoms with Crippen LogP contribution in [0.3, 0.4) is 0 Å². The number of hydrogen-bond acceptors (Lipinski definition) is 1. The highest BCUT2D eigenvalue weighted by Gasteiger charge is 2.08. The third-order valence-electron chi connectivity index (χ3n) is 6.51. The molecule has 2 heteroatoms. The molecule has 3 aromatic rings. The third kappa shape index (κ3) is 8.11. The summed E-state index contributed by atoms with van der Waals surface area (Å²) in [5, 5.41) is 0. The first kappa shape index (κ1) is 25.1. The van der Waals surface area contributed by atoms with Crippen LogP contribution in [-0.4, -0.2) is 4.98 Å². The molecule has 0 amide bonds. The van der Waals surface area contributed by atoms with Gasteiger partial charge in [0.2, 0.25) is 5.95 Å². The second-order valence-electron chi connectivity index (χ2n) is 9.25. The minimum absolute atomic E-state index is 0.329. The zero-order valence-corrected chi connectivity index (χ0v) is 20.6. The van der Waals surface area contributed by atoms with Crippen LogP contribution in [0.5, 0.6) is 0 Å². The van der Waals surface area contributed by atoms with E-state index in [0.29, 0.717) is 5.69 Å². The van der Waals surface area contributed by atoms with E-state index in [4.69, 9.17) is 0 Å². The Bertz CT molecular complexity index is 944. The van der Waals surface area contributed by atoms with Crippen LogP contribution in [0.1, 0.15) is 89.2 Å². The predicted octanol–water partition coefficient (Wildman–Crippen LogP) is 9.58. The molecule has 0 aliphatic rings. The number of pyridine rings is 1. The number of benzene rings is 2. The van der Waals surface area contributed by atoms with Crippen LogP contribution in [0.15, 0.2) is 60.7 Å². The molecule has 0 fully saturated rings. The number of hydrogen-bond donors (Lipinski definition) is 0. The number of halogens is 1. The molecule has 0 radical (unpaired) electrons. The monoisotopic (exact) mass is 445 g/mol. The lowest BCUT2D eigenvalue weighted by atomic mass is 9.99. The van der Waals surface area contributed by atoms with Gasteiger partial charge in [0.25, 0.3) is 0 Å². The summed E-state index contributed by atoms with van der Waals surface area (Å²) in [6, 6.07) is 21.1. The van der Waals surface area contributed by atoms with Gasteiger partial charge in [0.05, 0.1) is 5.69 Å². The van der Waals surface area contributed by atoms with Crippen molar-refractivity contribution in [2.24, 2.45) is 0 Å². The van der Waals surface area contributed by atoms with Crippen molar-refractivity contribution in [3.05, 3.63) is 77.7 Å². The van der Waals surface area contributed by atoms with Crippen LogP contribution in [0, 0.1) is 5.95 Å². The van der Waals surface area contributed by atoms with Crippen molar-refractivity contribution in [3.63, 3.8) is 0 Å². The second kappa shape index (κ2) is 13.9. The van der Waals surface area contributed by atoms with Crippen molar-refractivity contribution in [2.45, 2.75) is 90.9 Å². The maximum atomic E-state index is 14.4. The van der Waals surface area contributed by atoms with Gasteiger partial charge in [-0.2, -0.15) is 4.39 Å². The largest absolute Gasteiger partial charge is 0.219 e. The molecule has 176 valence electrons. The topological polar surface area (TPSA) is 12.9 Å². The highest BCUT2D eigenvalue weighted by Crippen LogP contribution is 2.25. The molecule has 2 aromatic carbocycles. The second-order valence-corrected chi connectivity index (χ2v) is 9.25. The summed E-state index contributed by atoms with van der Waals surface area (Å²) in [6.45, 7) is 4.43. The molecule has 0 N–H and O–H groups in total. The van der Waals surface area contributed by atoms with Crippen molar-refractivity contribution < 1.29 is 4.39 Å². The van der Waals surface area contributed by atoms with E-state index in [-0.39, 0.29) is 5.95 Å². The molecule has 0 aliphatic heterocycles. The van der Waals surface area contributed by atoms with E-state index in [0.717, 1.165) is 36.8 Å². The van der Waals surface area contributed by atoms with Gasteiger partial charge in [0.1, 0.15) is 0 Å². The molecular formula is C31H40FN. The first-order valence-electron chi connectivity index (χ1n) is 13.1. The number of aryl methyl sites for hydroxylation is 2. The molecule has 0 spiro atoms. The molecule has 0 unspecified atom stereocenters. The normalized spacial score (nSPS) is 11.1. The van der Waals surface area contributed by atoms with Gasteiger partial charge in [-0.25, -0.2) is 4.98 Å². The maximum absolute atomic E-state index is 14.4. The van der Waals surface area contributed by atoms with Crippen molar-refractivity contribution >= 4 is 0 Å². The zero-order chi connectivity index (χ0) is 23.3. The van der Waals surface area contributed by atoms with Crippen LogP contribution in [-0.2, 0) is 12.8 Å². The third-order valence-corrected chi connectivity index (χ3v) is 6.51. The summed E-state index contributed by atoms with van der Waals surface area (Å²) in [6.07, 6.45) is 14.7. The SMILES string of the molecule is CCCCCCCCCc1ccc(-c2ccc(-c3ccc(CCCCC)c(F)n3)cc2)cc1. The lowest BCUT2D eigenvalue weighted by Gasteiger charge is -2.08. The van der Waals surface area contributed by atoms with Crippen LogP contribution in [0.2, 0.25) is 0 Å². The van der Waals surface area contributed by atoms with Gasteiger partial charge in [0, 0.05) is 11.1 Å². The van der Waals surface area contributed by atoms with E-state index in [2.05, 4.69) is 55.2 Å². The van der Waals surface area contributed by atoms with Gasteiger partial charge in [-0.15, -0.1) is 0 Å². The Morgan fingerprint density at radius 1 is 0.545 bits per heavy atom. The minimum Gasteiger partial charge on any atom is -0.219 e.